The van der Waals surface area contributed by atoms with E-state index in [-0.39, 0.29) is 16.2 Å². The number of aromatic nitrogens is 2. The van der Waals surface area contributed by atoms with Crippen LogP contribution in [0.4, 0.5) is 8.78 Å². The summed E-state index contributed by atoms with van der Waals surface area (Å²) in [5.74, 6) is -1.59. The Hall–Kier alpha value is -2.00. The summed E-state index contributed by atoms with van der Waals surface area (Å²) in [6.07, 6.45) is -0.187. The second-order valence-electron chi connectivity index (χ2n) is 4.22. The molecule has 0 fully saturated rings. The number of alkyl halides is 2. The van der Waals surface area contributed by atoms with Gasteiger partial charge in [-0.3, -0.25) is 4.79 Å². The number of ketones is 1. The molecule has 2 rings (SSSR count). The van der Waals surface area contributed by atoms with Crippen LogP contribution in [0, 0.1) is 0 Å². The molecule has 0 saturated carbocycles. The maximum Gasteiger partial charge on any atom is 0.252 e. The molecule has 22 heavy (non-hydrogen) atoms. The van der Waals surface area contributed by atoms with Crippen LogP contribution >= 0.6 is 11.5 Å². The van der Waals surface area contributed by atoms with Crippen LogP contribution in [0.25, 0.3) is 6.08 Å². The van der Waals surface area contributed by atoms with Gasteiger partial charge in [0, 0.05) is 10.9 Å². The molecule has 0 N–H and O–H groups in total. The second kappa shape index (κ2) is 6.84. The van der Waals surface area contributed by atoms with Gasteiger partial charge in [0.25, 0.3) is 6.43 Å². The fraction of sp³-hybridized carbons (Fsp3) is 0.154. The van der Waals surface area contributed by atoms with E-state index in [0.29, 0.717) is 5.69 Å². The van der Waals surface area contributed by atoms with Crippen molar-refractivity contribution in [3.8, 4) is 0 Å². The monoisotopic (exact) mass is 344 g/mol. The summed E-state index contributed by atoms with van der Waals surface area (Å²) in [6, 6.07) is 4.85. The lowest BCUT2D eigenvalue weighted by Crippen LogP contribution is -2.13. The van der Waals surface area contributed by atoms with Crippen molar-refractivity contribution in [1.29, 1.82) is 0 Å². The Morgan fingerprint density at radius 1 is 1.27 bits per heavy atom. The van der Waals surface area contributed by atoms with E-state index in [1.807, 2.05) is 0 Å². The van der Waals surface area contributed by atoms with Crippen LogP contribution in [0.2, 0.25) is 0 Å². The van der Waals surface area contributed by atoms with Crippen molar-refractivity contribution in [2.45, 2.75) is 11.3 Å². The molecule has 0 aliphatic rings. The van der Waals surface area contributed by atoms with Crippen molar-refractivity contribution in [3.05, 3.63) is 47.0 Å². The first-order chi connectivity index (χ1) is 10.4. The summed E-state index contributed by atoms with van der Waals surface area (Å²) >= 11 is 1.14. The SMILES string of the molecule is O=C(/C=C/c1csnn1)c1ccc(S(=O)(=O)CC(F)F)cc1. The highest BCUT2D eigenvalue weighted by Crippen LogP contribution is 2.15. The zero-order chi connectivity index (χ0) is 16.2. The predicted octanol–water partition coefficient (Wildman–Crippen LogP) is 2.47. The number of hydrogen-bond donors (Lipinski definition) is 0. The predicted molar refractivity (Wildman–Crippen MR) is 77.8 cm³/mol. The maximum absolute atomic E-state index is 12.2. The number of allylic oxidation sites excluding steroid dienone is 1. The van der Waals surface area contributed by atoms with E-state index in [1.165, 1.54) is 24.3 Å². The molecule has 0 bridgehead atoms. The molecule has 2 aromatic rings. The molecule has 0 radical (unpaired) electrons. The molecule has 116 valence electrons. The third-order valence-corrected chi connectivity index (χ3v) is 4.83. The first-order valence-corrected chi connectivity index (χ1v) is 8.48. The summed E-state index contributed by atoms with van der Waals surface area (Å²) in [5.41, 5.74) is 0.782. The van der Waals surface area contributed by atoms with Crippen LogP contribution in [0.5, 0.6) is 0 Å². The van der Waals surface area contributed by atoms with Gasteiger partial charge in [0.15, 0.2) is 15.6 Å². The summed E-state index contributed by atoms with van der Waals surface area (Å²) in [6.45, 7) is 0. The summed E-state index contributed by atoms with van der Waals surface area (Å²) < 4.78 is 51.3. The number of carbonyl (C=O) groups excluding carboxylic acids is 1. The number of halogens is 2. The highest BCUT2D eigenvalue weighted by atomic mass is 32.2. The standard InChI is InChI=1S/C13H10F2N2O3S2/c14-13(15)8-22(19,20)11-4-1-9(2-5-11)12(18)6-3-10-7-21-17-16-10/h1-7,13H,8H2/b6-3+. The van der Waals surface area contributed by atoms with Gasteiger partial charge in [0.05, 0.1) is 10.6 Å². The van der Waals surface area contributed by atoms with Crippen molar-refractivity contribution in [3.63, 3.8) is 0 Å². The van der Waals surface area contributed by atoms with Crippen LogP contribution in [-0.4, -0.2) is 36.0 Å². The minimum atomic E-state index is -4.05. The number of carbonyl (C=O) groups is 1. The van der Waals surface area contributed by atoms with Crippen molar-refractivity contribution in [2.75, 3.05) is 5.75 Å². The summed E-state index contributed by atoms with van der Waals surface area (Å²) in [4.78, 5) is 11.6. The molecule has 0 spiro atoms. The topological polar surface area (TPSA) is 77.0 Å². The first kappa shape index (κ1) is 16.4. The number of hydrogen-bond acceptors (Lipinski definition) is 6. The van der Waals surface area contributed by atoms with Gasteiger partial charge in [-0.25, -0.2) is 17.2 Å². The van der Waals surface area contributed by atoms with Crippen LogP contribution in [0.1, 0.15) is 16.1 Å². The lowest BCUT2D eigenvalue weighted by Gasteiger charge is -2.04. The van der Waals surface area contributed by atoms with E-state index in [2.05, 4.69) is 9.59 Å². The molecule has 1 aromatic carbocycles. The number of nitrogens with zero attached hydrogens (tertiary/aromatic N) is 2. The fourth-order valence-corrected chi connectivity index (χ4v) is 3.09. The molecule has 0 atom stereocenters. The van der Waals surface area contributed by atoms with Gasteiger partial charge in [-0.2, -0.15) is 0 Å². The van der Waals surface area contributed by atoms with Crippen LogP contribution < -0.4 is 0 Å². The van der Waals surface area contributed by atoms with Crippen molar-refractivity contribution in [2.24, 2.45) is 0 Å². The Balaban J connectivity index is 2.13. The highest BCUT2D eigenvalue weighted by Gasteiger charge is 2.20. The van der Waals surface area contributed by atoms with Gasteiger partial charge in [0.1, 0.15) is 5.75 Å². The third-order valence-electron chi connectivity index (χ3n) is 2.63. The summed E-state index contributed by atoms with van der Waals surface area (Å²) in [5, 5.41) is 5.39. The van der Waals surface area contributed by atoms with Gasteiger partial charge >= 0.3 is 0 Å². The highest BCUT2D eigenvalue weighted by molar-refractivity contribution is 7.91. The Morgan fingerprint density at radius 3 is 2.50 bits per heavy atom. The van der Waals surface area contributed by atoms with Crippen LogP contribution in [0.15, 0.2) is 40.6 Å². The van der Waals surface area contributed by atoms with Gasteiger partial charge in [-0.1, -0.05) is 4.49 Å². The first-order valence-electron chi connectivity index (χ1n) is 5.99. The van der Waals surface area contributed by atoms with Gasteiger partial charge in [0.2, 0.25) is 0 Å². The Kier molecular flexibility index (Phi) is 5.09. The van der Waals surface area contributed by atoms with E-state index in [1.54, 1.807) is 5.38 Å². The second-order valence-corrected chi connectivity index (χ2v) is 6.87. The van der Waals surface area contributed by atoms with E-state index in [0.717, 1.165) is 23.7 Å². The molecule has 0 aliphatic carbocycles. The largest absolute Gasteiger partial charge is 0.289 e. The number of benzene rings is 1. The molecular weight excluding hydrogens is 334 g/mol. The van der Waals surface area contributed by atoms with Crippen molar-refractivity contribution in [1.82, 2.24) is 9.59 Å². The molecule has 0 saturated heterocycles. The van der Waals surface area contributed by atoms with E-state index in [9.17, 15) is 22.0 Å². The zero-order valence-electron chi connectivity index (χ0n) is 11.0. The Labute approximate surface area is 129 Å². The van der Waals surface area contributed by atoms with E-state index in [4.69, 9.17) is 0 Å². The van der Waals surface area contributed by atoms with Gasteiger partial charge < -0.3 is 0 Å². The molecular formula is C13H10F2N2O3S2. The molecule has 9 heteroatoms. The quantitative estimate of drug-likeness (QED) is 0.594. The minimum Gasteiger partial charge on any atom is -0.289 e. The van der Waals surface area contributed by atoms with Gasteiger partial charge in [-0.15, -0.1) is 5.10 Å². The zero-order valence-corrected chi connectivity index (χ0v) is 12.7. The molecule has 0 amide bonds. The maximum atomic E-state index is 12.2. The average molecular weight is 344 g/mol. The molecule has 0 unspecified atom stereocenters. The third kappa shape index (κ3) is 4.25. The normalized spacial score (nSPS) is 12.1. The number of sulfone groups is 1. The van der Waals surface area contributed by atoms with E-state index < -0.39 is 22.0 Å². The Morgan fingerprint density at radius 2 is 1.95 bits per heavy atom. The van der Waals surface area contributed by atoms with Crippen molar-refractivity contribution < 1.29 is 22.0 Å². The lowest BCUT2D eigenvalue weighted by molar-refractivity contribution is 0.104. The summed E-state index contributed by atoms with van der Waals surface area (Å²) in [7, 11) is -4.05. The molecule has 5 nitrogen and oxygen atoms in total. The average Bonchev–Trinajstić information content (AvgIpc) is 2.97. The van der Waals surface area contributed by atoms with Crippen molar-refractivity contribution >= 4 is 33.2 Å². The fourth-order valence-electron chi connectivity index (χ4n) is 1.59. The molecule has 1 aromatic heterocycles. The lowest BCUT2D eigenvalue weighted by atomic mass is 10.1. The minimum absolute atomic E-state index is 0.239. The van der Waals surface area contributed by atoms with Crippen LogP contribution in [0.3, 0.4) is 0 Å². The van der Waals surface area contributed by atoms with Gasteiger partial charge in [-0.05, 0) is 47.9 Å². The molecule has 1 heterocycles. The van der Waals surface area contributed by atoms with Crippen LogP contribution in [-0.2, 0) is 9.84 Å². The smallest absolute Gasteiger partial charge is 0.252 e. The van der Waals surface area contributed by atoms with E-state index >= 15 is 0 Å². The molecule has 0 aliphatic heterocycles. The Bertz CT molecular complexity index is 770. The number of rotatable bonds is 6.